The molecule has 0 bridgehead atoms. The van der Waals surface area contributed by atoms with Gasteiger partial charge in [-0.3, -0.25) is 4.98 Å². The Morgan fingerprint density at radius 1 is 0.897 bits per heavy atom. The van der Waals surface area contributed by atoms with E-state index in [1.807, 2.05) is 42.6 Å². The molecule has 1 aliphatic rings. The number of imidazole rings is 1. The molecule has 3 aromatic heterocycles. The molecule has 5 rings (SSSR count). The van der Waals surface area contributed by atoms with Gasteiger partial charge in [-0.2, -0.15) is 12.8 Å². The minimum absolute atomic E-state index is 0. The van der Waals surface area contributed by atoms with E-state index in [1.165, 1.54) is 0 Å². The third-order valence-corrected chi connectivity index (χ3v) is 5.01. The Labute approximate surface area is 179 Å². The molecule has 0 spiro atoms. The van der Waals surface area contributed by atoms with E-state index in [0.29, 0.717) is 6.01 Å². The predicted molar refractivity (Wildman–Crippen MR) is 108 cm³/mol. The monoisotopic (exact) mass is 429 g/mol. The second kappa shape index (κ2) is 8.71. The summed E-state index contributed by atoms with van der Waals surface area (Å²) in [6, 6.07) is 12.4. The van der Waals surface area contributed by atoms with Crippen molar-refractivity contribution in [1.29, 1.82) is 0 Å². The van der Waals surface area contributed by atoms with Gasteiger partial charge >= 0.3 is 6.01 Å². The van der Waals surface area contributed by atoms with E-state index >= 15 is 0 Å². The summed E-state index contributed by atoms with van der Waals surface area (Å²) in [5.74, 6) is 0.810. The van der Waals surface area contributed by atoms with Gasteiger partial charge in [-0.05, 0) is 37.1 Å². The molecular formula is C22H20CoN5O-. The van der Waals surface area contributed by atoms with Crippen LogP contribution in [-0.4, -0.2) is 31.0 Å². The molecule has 6 nitrogen and oxygen atoms in total. The fraction of sp³-hybridized carbons (Fsp3) is 0.227. The number of H-pyrrole nitrogens is 1. The fourth-order valence-electron chi connectivity index (χ4n) is 3.47. The standard InChI is InChI=1S/C22H20N5O.Co/c1-2-6-17(7-3-1)28-22-24-13-16(14-25-22)18-11-10-15(12-23-18)21-26-19-8-4-5-9-20(19)27-21;/h1,4-5,8-14,17H,2-3,6-7H2,(H,26,27);/q-1;. The minimum Gasteiger partial charge on any atom is -0.460 e. The second-order valence-electron chi connectivity index (χ2n) is 6.97. The van der Waals surface area contributed by atoms with Crippen molar-refractivity contribution in [3.05, 3.63) is 61.4 Å². The molecule has 1 aromatic carbocycles. The number of aromatic nitrogens is 5. The van der Waals surface area contributed by atoms with Crippen LogP contribution in [0, 0.1) is 6.42 Å². The maximum absolute atomic E-state index is 5.88. The third-order valence-electron chi connectivity index (χ3n) is 5.01. The summed E-state index contributed by atoms with van der Waals surface area (Å²) in [6.07, 6.45) is 12.2. The summed E-state index contributed by atoms with van der Waals surface area (Å²) in [6.45, 7) is 0. The molecule has 1 saturated carbocycles. The largest absolute Gasteiger partial charge is 0.460 e. The maximum atomic E-state index is 5.88. The zero-order valence-corrected chi connectivity index (χ0v) is 16.8. The van der Waals surface area contributed by atoms with Crippen LogP contribution in [0.1, 0.15) is 25.7 Å². The summed E-state index contributed by atoms with van der Waals surface area (Å²) in [7, 11) is 0. The Morgan fingerprint density at radius 2 is 1.66 bits per heavy atom. The van der Waals surface area contributed by atoms with Crippen molar-refractivity contribution < 1.29 is 21.5 Å². The molecule has 1 fully saturated rings. The van der Waals surface area contributed by atoms with Crippen LogP contribution < -0.4 is 4.74 Å². The Balaban J connectivity index is 0.00000205. The zero-order chi connectivity index (χ0) is 18.8. The molecule has 1 N–H and O–H groups in total. The second-order valence-corrected chi connectivity index (χ2v) is 6.97. The zero-order valence-electron chi connectivity index (χ0n) is 15.7. The number of aromatic amines is 1. The molecular weight excluding hydrogens is 409 g/mol. The van der Waals surface area contributed by atoms with Crippen LogP contribution in [-0.2, 0) is 16.8 Å². The molecule has 0 aliphatic heterocycles. The average Bonchev–Trinajstić information content (AvgIpc) is 3.20. The Hall–Kier alpha value is -2.77. The first kappa shape index (κ1) is 19.5. The van der Waals surface area contributed by atoms with Crippen LogP contribution >= 0.6 is 0 Å². The number of para-hydroxylation sites is 2. The number of hydrogen-bond acceptors (Lipinski definition) is 5. The number of rotatable bonds is 4. The van der Waals surface area contributed by atoms with Gasteiger partial charge in [0.1, 0.15) is 5.82 Å². The fourth-order valence-corrected chi connectivity index (χ4v) is 3.47. The van der Waals surface area contributed by atoms with Gasteiger partial charge in [-0.1, -0.05) is 12.1 Å². The first-order valence-electron chi connectivity index (χ1n) is 9.57. The molecule has 0 atom stereocenters. The van der Waals surface area contributed by atoms with E-state index in [9.17, 15) is 0 Å². The number of benzene rings is 1. The molecule has 0 amide bonds. The van der Waals surface area contributed by atoms with E-state index < -0.39 is 0 Å². The van der Waals surface area contributed by atoms with E-state index in [0.717, 1.165) is 59.4 Å². The molecule has 0 unspecified atom stereocenters. The summed E-state index contributed by atoms with van der Waals surface area (Å²) in [4.78, 5) is 21.2. The number of hydrogen-bond donors (Lipinski definition) is 1. The molecule has 7 heteroatoms. The van der Waals surface area contributed by atoms with Gasteiger partial charge in [0.15, 0.2) is 0 Å². The van der Waals surface area contributed by atoms with E-state index in [1.54, 1.807) is 12.4 Å². The summed E-state index contributed by atoms with van der Waals surface area (Å²) in [5, 5.41) is 0. The van der Waals surface area contributed by atoms with Gasteiger partial charge < -0.3 is 16.1 Å². The summed E-state index contributed by atoms with van der Waals surface area (Å²) in [5.41, 5.74) is 4.58. The number of nitrogens with one attached hydrogen (secondary N) is 1. The Bertz CT molecular complexity index is 1040. The molecule has 0 saturated heterocycles. The van der Waals surface area contributed by atoms with E-state index in [2.05, 4.69) is 31.3 Å². The summed E-state index contributed by atoms with van der Waals surface area (Å²) >= 11 is 0. The number of nitrogens with zero attached hydrogens (tertiary/aromatic N) is 4. The van der Waals surface area contributed by atoms with Gasteiger partial charge in [0.25, 0.3) is 0 Å². The smallest absolute Gasteiger partial charge is 0.316 e. The van der Waals surface area contributed by atoms with Crippen LogP contribution in [0.2, 0.25) is 0 Å². The Morgan fingerprint density at radius 3 is 2.38 bits per heavy atom. The molecule has 1 radical (unpaired) electrons. The minimum atomic E-state index is 0. The topological polar surface area (TPSA) is 76.6 Å². The van der Waals surface area contributed by atoms with Gasteiger partial charge in [-0.15, -0.1) is 0 Å². The van der Waals surface area contributed by atoms with Crippen LogP contribution in [0.4, 0.5) is 0 Å². The van der Waals surface area contributed by atoms with Crippen LogP contribution in [0.5, 0.6) is 6.01 Å². The van der Waals surface area contributed by atoms with Gasteiger partial charge in [0.2, 0.25) is 0 Å². The van der Waals surface area contributed by atoms with Crippen molar-refractivity contribution in [2.45, 2.75) is 31.8 Å². The first-order valence-corrected chi connectivity index (χ1v) is 9.57. The van der Waals surface area contributed by atoms with Crippen LogP contribution in [0.3, 0.4) is 0 Å². The molecule has 29 heavy (non-hydrogen) atoms. The van der Waals surface area contributed by atoms with Crippen molar-refractivity contribution in [1.82, 2.24) is 24.9 Å². The van der Waals surface area contributed by atoms with Crippen LogP contribution in [0.15, 0.2) is 55.0 Å². The quantitative estimate of drug-likeness (QED) is 0.480. The van der Waals surface area contributed by atoms with Crippen molar-refractivity contribution >= 4 is 11.0 Å². The Kier molecular flexibility index (Phi) is 5.87. The van der Waals surface area contributed by atoms with Crippen molar-refractivity contribution in [3.8, 4) is 28.7 Å². The van der Waals surface area contributed by atoms with Crippen molar-refractivity contribution in [3.63, 3.8) is 0 Å². The van der Waals surface area contributed by atoms with Gasteiger partial charge in [0.05, 0.1) is 22.8 Å². The third kappa shape index (κ3) is 4.30. The molecule has 3 heterocycles. The first-order chi connectivity index (χ1) is 13.8. The molecule has 149 valence electrons. The number of ether oxygens (including phenoxy) is 1. The number of fused-ring (bicyclic) bond motifs is 1. The van der Waals surface area contributed by atoms with Crippen molar-refractivity contribution in [2.75, 3.05) is 0 Å². The molecule has 1 aliphatic carbocycles. The predicted octanol–water partition coefficient (Wildman–Crippen LogP) is 4.61. The molecule has 4 aromatic rings. The van der Waals surface area contributed by atoms with Gasteiger partial charge in [-0.25, -0.2) is 15.0 Å². The van der Waals surface area contributed by atoms with Gasteiger partial charge in [0, 0.05) is 46.5 Å². The SMILES string of the molecule is [Co].c1ccc2[nH]c(-c3ccc(-c4cnc(OC5CC[CH-]CC5)nc4)nc3)nc2c1. The number of pyridine rings is 1. The maximum Gasteiger partial charge on any atom is 0.316 e. The average molecular weight is 429 g/mol. The summed E-state index contributed by atoms with van der Waals surface area (Å²) < 4.78 is 5.88. The van der Waals surface area contributed by atoms with E-state index in [-0.39, 0.29) is 22.9 Å². The van der Waals surface area contributed by atoms with Crippen LogP contribution in [0.25, 0.3) is 33.7 Å². The normalized spacial score (nSPS) is 14.5. The van der Waals surface area contributed by atoms with Crippen molar-refractivity contribution in [2.24, 2.45) is 0 Å². The van der Waals surface area contributed by atoms with E-state index in [4.69, 9.17) is 4.74 Å².